The fourth-order valence-corrected chi connectivity index (χ4v) is 2.15. The number of nitrogens with zero attached hydrogens (tertiary/aromatic N) is 2. The average Bonchev–Trinajstić information content (AvgIpc) is 3.01. The van der Waals surface area contributed by atoms with Crippen LogP contribution in [0.2, 0.25) is 0 Å². The molecule has 0 spiro atoms. The number of ether oxygens (including phenoxy) is 2. The van der Waals surface area contributed by atoms with Crippen LogP contribution < -0.4 is 14.8 Å². The van der Waals surface area contributed by atoms with Crippen LogP contribution >= 0.6 is 0 Å². The van der Waals surface area contributed by atoms with Crippen LogP contribution in [0.1, 0.15) is 31.1 Å². The summed E-state index contributed by atoms with van der Waals surface area (Å²) in [7, 11) is 3.29. The van der Waals surface area contributed by atoms with Gasteiger partial charge in [0.05, 0.1) is 19.9 Å². The van der Waals surface area contributed by atoms with Crippen molar-refractivity contribution in [3.8, 4) is 11.5 Å². The predicted molar refractivity (Wildman–Crippen MR) is 82.7 cm³/mol. The summed E-state index contributed by atoms with van der Waals surface area (Å²) in [6, 6.07) is 8.20. The van der Waals surface area contributed by atoms with Crippen LogP contribution in [0.3, 0.4) is 0 Å². The minimum Gasteiger partial charge on any atom is -0.493 e. The number of methoxy groups -OCH3 is 2. The van der Waals surface area contributed by atoms with Gasteiger partial charge in [-0.15, -0.1) is 0 Å². The summed E-state index contributed by atoms with van der Waals surface area (Å²) in [6.07, 6.45) is 2.00. The summed E-state index contributed by atoms with van der Waals surface area (Å²) >= 11 is 0. The Morgan fingerprint density at radius 1 is 1.19 bits per heavy atom. The minimum atomic E-state index is 0.200. The van der Waals surface area contributed by atoms with E-state index in [4.69, 9.17) is 9.47 Å². The second-order valence-electron chi connectivity index (χ2n) is 4.89. The molecule has 0 saturated heterocycles. The lowest BCUT2D eigenvalue weighted by molar-refractivity contribution is 0.354. The smallest absolute Gasteiger partial charge is 0.161 e. The third kappa shape index (κ3) is 3.76. The van der Waals surface area contributed by atoms with Crippen molar-refractivity contribution in [2.45, 2.75) is 33.0 Å². The van der Waals surface area contributed by atoms with Gasteiger partial charge in [0.25, 0.3) is 0 Å². The lowest BCUT2D eigenvalue weighted by Crippen LogP contribution is -2.18. The maximum atomic E-state index is 5.32. The molecule has 1 N–H and O–H groups in total. The second-order valence-corrected chi connectivity index (χ2v) is 4.89. The van der Waals surface area contributed by atoms with Gasteiger partial charge in [0.2, 0.25) is 0 Å². The molecule has 0 aliphatic heterocycles. The Morgan fingerprint density at radius 2 is 1.95 bits per heavy atom. The standard InChI is InChI=1S/C16H23N3O2/c1-5-19-9-8-14(18-19)12(2)17-11-13-6-7-15(20-3)16(10-13)21-4/h6-10,12,17H,5,11H2,1-4H3. The molecule has 1 atom stereocenters. The van der Waals surface area contributed by atoms with E-state index in [2.05, 4.69) is 30.3 Å². The lowest BCUT2D eigenvalue weighted by Gasteiger charge is -2.13. The fourth-order valence-electron chi connectivity index (χ4n) is 2.15. The molecule has 5 heteroatoms. The van der Waals surface area contributed by atoms with E-state index in [1.807, 2.05) is 29.1 Å². The summed E-state index contributed by atoms with van der Waals surface area (Å²) < 4.78 is 12.5. The molecular formula is C16H23N3O2. The van der Waals surface area contributed by atoms with Crippen molar-refractivity contribution in [2.24, 2.45) is 0 Å². The fraction of sp³-hybridized carbons (Fsp3) is 0.438. The van der Waals surface area contributed by atoms with Crippen molar-refractivity contribution < 1.29 is 9.47 Å². The molecule has 114 valence electrons. The first-order chi connectivity index (χ1) is 10.2. The molecule has 2 aromatic rings. The van der Waals surface area contributed by atoms with Crippen molar-refractivity contribution in [3.63, 3.8) is 0 Å². The third-order valence-electron chi connectivity index (χ3n) is 3.49. The Morgan fingerprint density at radius 3 is 2.57 bits per heavy atom. The number of rotatable bonds is 7. The van der Waals surface area contributed by atoms with E-state index in [0.717, 1.165) is 35.8 Å². The molecule has 0 radical (unpaired) electrons. The largest absolute Gasteiger partial charge is 0.493 e. The summed E-state index contributed by atoms with van der Waals surface area (Å²) in [6.45, 7) is 5.84. The van der Waals surface area contributed by atoms with Gasteiger partial charge in [-0.05, 0) is 37.6 Å². The second kappa shape index (κ2) is 7.13. The molecule has 1 heterocycles. The monoisotopic (exact) mass is 289 g/mol. The van der Waals surface area contributed by atoms with Gasteiger partial charge in [-0.3, -0.25) is 4.68 Å². The predicted octanol–water partition coefficient (Wildman–Crippen LogP) is 2.77. The lowest BCUT2D eigenvalue weighted by atomic mass is 10.1. The molecule has 5 nitrogen and oxygen atoms in total. The highest BCUT2D eigenvalue weighted by atomic mass is 16.5. The van der Waals surface area contributed by atoms with E-state index in [9.17, 15) is 0 Å². The number of aromatic nitrogens is 2. The van der Waals surface area contributed by atoms with Crippen molar-refractivity contribution in [3.05, 3.63) is 41.7 Å². The summed E-state index contributed by atoms with van der Waals surface area (Å²) in [5.41, 5.74) is 2.20. The Bertz CT molecular complexity index is 581. The van der Waals surface area contributed by atoms with Gasteiger partial charge in [0, 0.05) is 25.3 Å². The number of nitrogens with one attached hydrogen (secondary N) is 1. The molecule has 2 rings (SSSR count). The molecule has 1 aromatic heterocycles. The van der Waals surface area contributed by atoms with Crippen LogP contribution in [-0.4, -0.2) is 24.0 Å². The molecule has 0 saturated carbocycles. The molecular weight excluding hydrogens is 266 g/mol. The quantitative estimate of drug-likeness (QED) is 0.851. The molecule has 0 aliphatic carbocycles. The third-order valence-corrected chi connectivity index (χ3v) is 3.49. The van der Waals surface area contributed by atoms with Gasteiger partial charge < -0.3 is 14.8 Å². The van der Waals surface area contributed by atoms with Gasteiger partial charge in [-0.2, -0.15) is 5.10 Å². The highest BCUT2D eigenvalue weighted by molar-refractivity contribution is 5.42. The molecule has 0 aliphatic rings. The first kappa shape index (κ1) is 15.4. The maximum Gasteiger partial charge on any atom is 0.161 e. The summed E-state index contributed by atoms with van der Waals surface area (Å²) in [4.78, 5) is 0. The van der Waals surface area contributed by atoms with E-state index < -0.39 is 0 Å². The van der Waals surface area contributed by atoms with Gasteiger partial charge >= 0.3 is 0 Å². The van der Waals surface area contributed by atoms with Crippen molar-refractivity contribution in [1.82, 2.24) is 15.1 Å². The number of hydrogen-bond donors (Lipinski definition) is 1. The number of aryl methyl sites for hydroxylation is 1. The molecule has 21 heavy (non-hydrogen) atoms. The molecule has 0 bridgehead atoms. The van der Waals surface area contributed by atoms with Gasteiger partial charge in [0.15, 0.2) is 11.5 Å². The van der Waals surface area contributed by atoms with Gasteiger partial charge in [0.1, 0.15) is 0 Å². The first-order valence-electron chi connectivity index (χ1n) is 7.15. The van der Waals surface area contributed by atoms with E-state index in [0.29, 0.717) is 0 Å². The van der Waals surface area contributed by atoms with Crippen LogP contribution in [0.4, 0.5) is 0 Å². The number of hydrogen-bond acceptors (Lipinski definition) is 4. The topological polar surface area (TPSA) is 48.3 Å². The van der Waals surface area contributed by atoms with E-state index >= 15 is 0 Å². The van der Waals surface area contributed by atoms with Crippen molar-refractivity contribution in [2.75, 3.05) is 14.2 Å². The zero-order chi connectivity index (χ0) is 15.2. The van der Waals surface area contributed by atoms with Crippen molar-refractivity contribution >= 4 is 0 Å². The van der Waals surface area contributed by atoms with Crippen molar-refractivity contribution in [1.29, 1.82) is 0 Å². The Kier molecular flexibility index (Phi) is 5.22. The van der Waals surface area contributed by atoms with Crippen LogP contribution in [0.15, 0.2) is 30.5 Å². The average molecular weight is 289 g/mol. The summed E-state index contributed by atoms with van der Waals surface area (Å²) in [5.74, 6) is 1.50. The maximum absolute atomic E-state index is 5.32. The SMILES string of the molecule is CCn1ccc(C(C)NCc2ccc(OC)c(OC)c2)n1. The highest BCUT2D eigenvalue weighted by Gasteiger charge is 2.09. The normalized spacial score (nSPS) is 12.2. The molecule has 0 fully saturated rings. The highest BCUT2D eigenvalue weighted by Crippen LogP contribution is 2.27. The Labute approximate surface area is 125 Å². The number of benzene rings is 1. The van der Waals surface area contributed by atoms with Crippen LogP contribution in [0, 0.1) is 0 Å². The zero-order valence-electron chi connectivity index (χ0n) is 13.1. The molecule has 0 amide bonds. The minimum absolute atomic E-state index is 0.200. The zero-order valence-corrected chi connectivity index (χ0v) is 13.1. The molecule has 1 unspecified atom stereocenters. The van der Waals surface area contributed by atoms with E-state index in [-0.39, 0.29) is 6.04 Å². The summed E-state index contributed by atoms with van der Waals surface area (Å²) in [5, 5.41) is 7.98. The van der Waals surface area contributed by atoms with Crippen LogP contribution in [0.25, 0.3) is 0 Å². The Balaban J connectivity index is 1.99. The van der Waals surface area contributed by atoms with Crippen LogP contribution in [0.5, 0.6) is 11.5 Å². The van der Waals surface area contributed by atoms with Gasteiger partial charge in [-0.1, -0.05) is 6.07 Å². The molecule has 1 aromatic carbocycles. The van der Waals surface area contributed by atoms with E-state index in [1.165, 1.54) is 0 Å². The first-order valence-corrected chi connectivity index (χ1v) is 7.15. The Hall–Kier alpha value is -2.01. The van der Waals surface area contributed by atoms with Crippen LogP contribution in [-0.2, 0) is 13.1 Å². The van der Waals surface area contributed by atoms with Gasteiger partial charge in [-0.25, -0.2) is 0 Å². The van der Waals surface area contributed by atoms with E-state index in [1.54, 1.807) is 14.2 Å².